The summed E-state index contributed by atoms with van der Waals surface area (Å²) in [6.07, 6.45) is 5.32. The molecule has 0 aliphatic heterocycles. The van der Waals surface area contributed by atoms with Crippen molar-refractivity contribution in [1.82, 2.24) is 14.9 Å². The molecule has 0 unspecified atom stereocenters. The first-order valence-electron chi connectivity index (χ1n) is 6.49. The Kier molecular flexibility index (Phi) is 4.20. The van der Waals surface area contributed by atoms with Crippen molar-refractivity contribution in [3.8, 4) is 0 Å². The summed E-state index contributed by atoms with van der Waals surface area (Å²) in [5, 5.41) is 0.309. The summed E-state index contributed by atoms with van der Waals surface area (Å²) in [7, 11) is 0. The number of carbonyl (C=O) groups is 1. The van der Waals surface area contributed by atoms with Crippen molar-refractivity contribution in [3.63, 3.8) is 0 Å². The van der Waals surface area contributed by atoms with Gasteiger partial charge in [0.15, 0.2) is 5.69 Å². The van der Waals surface area contributed by atoms with Gasteiger partial charge in [-0.05, 0) is 12.8 Å². The summed E-state index contributed by atoms with van der Waals surface area (Å²) < 4.78 is 0. The number of nitrogens with zero attached hydrogens (tertiary/aromatic N) is 3. The van der Waals surface area contributed by atoms with Crippen LogP contribution in [-0.2, 0) is 0 Å². The van der Waals surface area contributed by atoms with E-state index in [1.54, 1.807) is 11.0 Å². The van der Waals surface area contributed by atoms with Crippen LogP contribution < -0.4 is 0 Å². The zero-order valence-electron chi connectivity index (χ0n) is 11.3. The molecule has 2 rings (SSSR count). The van der Waals surface area contributed by atoms with Gasteiger partial charge in [-0.3, -0.25) is 4.79 Å². The molecule has 19 heavy (non-hydrogen) atoms. The van der Waals surface area contributed by atoms with E-state index in [0.717, 1.165) is 12.8 Å². The summed E-state index contributed by atoms with van der Waals surface area (Å²) in [5.41, 5.74) is 0.300. The highest BCUT2D eigenvalue weighted by atomic mass is 35.5. The van der Waals surface area contributed by atoms with Gasteiger partial charge in [-0.2, -0.15) is 0 Å². The second-order valence-corrected chi connectivity index (χ2v) is 5.46. The molecule has 1 aromatic heterocycles. The zero-order valence-corrected chi connectivity index (χ0v) is 12.0. The Labute approximate surface area is 118 Å². The Morgan fingerprint density at radius 2 is 2.32 bits per heavy atom. The molecule has 1 heterocycles. The van der Waals surface area contributed by atoms with Crippen molar-refractivity contribution < 1.29 is 4.79 Å². The third-order valence-electron chi connectivity index (χ3n) is 3.06. The van der Waals surface area contributed by atoms with E-state index >= 15 is 0 Å². The van der Waals surface area contributed by atoms with Crippen LogP contribution in [-0.4, -0.2) is 33.4 Å². The van der Waals surface area contributed by atoms with E-state index in [1.165, 1.54) is 6.20 Å². The minimum Gasteiger partial charge on any atom is -0.331 e. The summed E-state index contributed by atoms with van der Waals surface area (Å²) in [6.45, 7) is 8.20. The van der Waals surface area contributed by atoms with Crippen molar-refractivity contribution in [2.75, 3.05) is 6.54 Å². The van der Waals surface area contributed by atoms with Crippen LogP contribution in [0.15, 0.2) is 18.9 Å². The highest BCUT2D eigenvalue weighted by Crippen LogP contribution is 2.29. The Hall–Kier alpha value is -1.42. The summed E-state index contributed by atoms with van der Waals surface area (Å²) >= 11 is 6.07. The standard InChI is InChI=1S/C14H18ClN3O/c1-4-7-18(10-5-6-10)14(19)12-11(15)8-16-13(17-12)9(2)3/h4,8-10H,1,5-7H2,2-3H3. The van der Waals surface area contributed by atoms with Crippen LogP contribution in [0.25, 0.3) is 0 Å². The summed E-state index contributed by atoms with van der Waals surface area (Å²) in [4.78, 5) is 22.8. The molecule has 0 spiro atoms. The molecule has 0 bridgehead atoms. The van der Waals surface area contributed by atoms with E-state index in [9.17, 15) is 4.79 Å². The zero-order chi connectivity index (χ0) is 14.0. The molecule has 4 nitrogen and oxygen atoms in total. The fraction of sp³-hybridized carbons (Fsp3) is 0.500. The van der Waals surface area contributed by atoms with Gasteiger partial charge in [-0.15, -0.1) is 6.58 Å². The monoisotopic (exact) mass is 279 g/mol. The van der Waals surface area contributed by atoms with Crippen LogP contribution in [0.2, 0.25) is 5.02 Å². The number of amides is 1. The van der Waals surface area contributed by atoms with E-state index < -0.39 is 0 Å². The summed E-state index contributed by atoms with van der Waals surface area (Å²) in [6, 6.07) is 0.305. The lowest BCUT2D eigenvalue weighted by Crippen LogP contribution is -2.34. The SMILES string of the molecule is C=CCN(C(=O)c1nc(C(C)C)ncc1Cl)C1CC1. The Bertz CT molecular complexity index is 497. The molecule has 5 heteroatoms. The molecule has 102 valence electrons. The maximum Gasteiger partial charge on any atom is 0.274 e. The molecule has 0 atom stereocenters. The smallest absolute Gasteiger partial charge is 0.274 e. The molecule has 0 saturated heterocycles. The molecular formula is C14H18ClN3O. The number of hydrogen-bond donors (Lipinski definition) is 0. The van der Waals surface area contributed by atoms with Gasteiger partial charge in [0, 0.05) is 18.5 Å². The number of rotatable bonds is 5. The third-order valence-corrected chi connectivity index (χ3v) is 3.33. The topological polar surface area (TPSA) is 46.1 Å². The molecule has 1 aromatic rings. The van der Waals surface area contributed by atoms with E-state index in [1.807, 2.05) is 13.8 Å². The number of hydrogen-bond acceptors (Lipinski definition) is 3. The quantitative estimate of drug-likeness (QED) is 0.778. The lowest BCUT2D eigenvalue weighted by molar-refractivity contribution is 0.0756. The molecule has 0 radical (unpaired) electrons. The Morgan fingerprint density at radius 3 is 2.84 bits per heavy atom. The van der Waals surface area contributed by atoms with Gasteiger partial charge in [-0.25, -0.2) is 9.97 Å². The fourth-order valence-corrected chi connectivity index (χ4v) is 2.04. The van der Waals surface area contributed by atoms with Gasteiger partial charge in [0.05, 0.1) is 11.2 Å². The second kappa shape index (κ2) is 5.70. The number of carbonyl (C=O) groups excluding carboxylic acids is 1. The minimum atomic E-state index is -0.128. The van der Waals surface area contributed by atoms with Gasteiger partial charge in [0.1, 0.15) is 5.82 Å². The highest BCUT2D eigenvalue weighted by Gasteiger charge is 2.33. The molecule has 1 saturated carbocycles. The number of aromatic nitrogens is 2. The maximum atomic E-state index is 12.5. The molecule has 1 aliphatic carbocycles. The molecule has 1 amide bonds. The number of halogens is 1. The van der Waals surface area contributed by atoms with Crippen LogP contribution in [0.3, 0.4) is 0 Å². The fourth-order valence-electron chi connectivity index (χ4n) is 1.87. The average Bonchev–Trinajstić information content (AvgIpc) is 3.19. The molecule has 0 aromatic carbocycles. The predicted molar refractivity (Wildman–Crippen MR) is 75.4 cm³/mol. The lowest BCUT2D eigenvalue weighted by atomic mass is 10.2. The van der Waals surface area contributed by atoms with E-state index in [0.29, 0.717) is 29.1 Å². The largest absolute Gasteiger partial charge is 0.331 e. The van der Waals surface area contributed by atoms with Crippen LogP contribution in [0.1, 0.15) is 48.9 Å². The van der Waals surface area contributed by atoms with Gasteiger partial charge < -0.3 is 4.90 Å². The molecule has 1 fully saturated rings. The van der Waals surface area contributed by atoms with Crippen molar-refractivity contribution >= 4 is 17.5 Å². The average molecular weight is 280 g/mol. The molecule has 0 N–H and O–H groups in total. The van der Waals surface area contributed by atoms with Crippen LogP contribution in [0.4, 0.5) is 0 Å². The second-order valence-electron chi connectivity index (χ2n) is 5.06. The van der Waals surface area contributed by atoms with E-state index in [2.05, 4.69) is 16.5 Å². The van der Waals surface area contributed by atoms with Crippen molar-refractivity contribution in [3.05, 3.63) is 35.4 Å². The Morgan fingerprint density at radius 1 is 1.63 bits per heavy atom. The van der Waals surface area contributed by atoms with Crippen molar-refractivity contribution in [2.24, 2.45) is 0 Å². The van der Waals surface area contributed by atoms with Crippen LogP contribution >= 0.6 is 11.6 Å². The van der Waals surface area contributed by atoms with E-state index in [4.69, 9.17) is 11.6 Å². The van der Waals surface area contributed by atoms with Crippen molar-refractivity contribution in [2.45, 2.75) is 38.6 Å². The van der Waals surface area contributed by atoms with E-state index in [-0.39, 0.29) is 11.8 Å². The Balaban J connectivity index is 2.30. The molecular weight excluding hydrogens is 262 g/mol. The predicted octanol–water partition coefficient (Wildman–Crippen LogP) is 3.04. The highest BCUT2D eigenvalue weighted by molar-refractivity contribution is 6.33. The normalized spacial score (nSPS) is 14.5. The van der Waals surface area contributed by atoms with Crippen LogP contribution in [0.5, 0.6) is 0 Å². The first kappa shape index (κ1) is 14.0. The molecule has 1 aliphatic rings. The van der Waals surface area contributed by atoms with Crippen molar-refractivity contribution in [1.29, 1.82) is 0 Å². The first-order chi connectivity index (χ1) is 9.04. The lowest BCUT2D eigenvalue weighted by Gasteiger charge is -2.21. The van der Waals surface area contributed by atoms with Gasteiger partial charge in [-0.1, -0.05) is 31.5 Å². The maximum absolute atomic E-state index is 12.5. The summed E-state index contributed by atoms with van der Waals surface area (Å²) in [5.74, 6) is 0.677. The van der Waals surface area contributed by atoms with Crippen LogP contribution in [0, 0.1) is 0 Å². The minimum absolute atomic E-state index is 0.128. The van der Waals surface area contributed by atoms with Gasteiger partial charge in [0.25, 0.3) is 5.91 Å². The first-order valence-corrected chi connectivity index (χ1v) is 6.86. The van der Waals surface area contributed by atoms with Gasteiger partial charge >= 0.3 is 0 Å². The van der Waals surface area contributed by atoms with Gasteiger partial charge in [0.2, 0.25) is 0 Å². The third kappa shape index (κ3) is 3.13.